The topological polar surface area (TPSA) is 227 Å². The van der Waals surface area contributed by atoms with Gasteiger partial charge in [-0.05, 0) is 112 Å². The zero-order valence-corrected chi connectivity index (χ0v) is 49.3. The number of hydrazine groups is 2. The molecular weight excluding hydrogens is 997 g/mol. The average molecular weight is 1100 g/mol. The summed E-state index contributed by atoms with van der Waals surface area (Å²) < 4.78 is 32.7. The van der Waals surface area contributed by atoms with Gasteiger partial charge in [-0.15, -0.1) is 12.1 Å². The molecule has 2 unspecified atom stereocenters. The fourth-order valence-electron chi connectivity index (χ4n) is 12.5. The third-order valence-electron chi connectivity index (χ3n) is 17.6. The highest BCUT2D eigenvalue weighted by Crippen LogP contribution is 2.45. The molecular formula is C59H98N8O11. The van der Waals surface area contributed by atoms with Crippen LogP contribution >= 0.6 is 0 Å². The molecule has 0 spiro atoms. The fourth-order valence-corrected chi connectivity index (χ4v) is 12.5. The van der Waals surface area contributed by atoms with Gasteiger partial charge in [-0.3, -0.25) is 9.80 Å². The maximum Gasteiger partial charge on any atom is 0.309 e. The van der Waals surface area contributed by atoms with Crippen molar-refractivity contribution in [2.45, 2.75) is 198 Å². The summed E-state index contributed by atoms with van der Waals surface area (Å²) in [5.74, 6) is -2.37. The van der Waals surface area contributed by atoms with Crippen molar-refractivity contribution in [2.75, 3.05) is 61.5 Å². The number of likely N-dealkylation sites (N-methyl/N-ethyl adjacent to an activating group) is 2. The van der Waals surface area contributed by atoms with E-state index in [0.29, 0.717) is 32.4 Å². The van der Waals surface area contributed by atoms with Crippen LogP contribution in [0.4, 0.5) is 0 Å². The molecule has 0 saturated carbocycles. The third-order valence-corrected chi connectivity index (χ3v) is 17.6. The lowest BCUT2D eigenvalue weighted by atomic mass is 9.67. The number of rotatable bonds is 18. The first-order chi connectivity index (χ1) is 36.7. The first-order valence-corrected chi connectivity index (χ1v) is 28.5. The molecule has 5 heterocycles. The van der Waals surface area contributed by atoms with Gasteiger partial charge in [0.1, 0.15) is 29.7 Å². The Balaban J connectivity index is 1.20. The Morgan fingerprint density at radius 1 is 0.949 bits per heavy atom. The lowest BCUT2D eigenvalue weighted by molar-refractivity contribution is -0.272. The van der Waals surface area contributed by atoms with Crippen LogP contribution in [-0.4, -0.2) is 207 Å². The first-order valence-electron chi connectivity index (χ1n) is 28.5. The normalized spacial score (nSPS) is 37.3. The van der Waals surface area contributed by atoms with Crippen molar-refractivity contribution < 1.29 is 54.0 Å². The average Bonchev–Trinajstić information content (AvgIpc) is 3.95. The van der Waals surface area contributed by atoms with Crippen LogP contribution in [0.2, 0.25) is 0 Å². The molecule has 0 amide bonds. The summed E-state index contributed by atoms with van der Waals surface area (Å²) in [6, 6.07) is 7.58. The summed E-state index contributed by atoms with van der Waals surface area (Å²) in [5, 5.41) is 60.7. The minimum atomic E-state index is -1.81. The van der Waals surface area contributed by atoms with Crippen LogP contribution in [0.5, 0.6) is 0 Å². The summed E-state index contributed by atoms with van der Waals surface area (Å²) >= 11 is 0. The summed E-state index contributed by atoms with van der Waals surface area (Å²) in [5.41, 5.74) is 6.23. The Kier molecular flexibility index (Phi) is 22.3. The zero-order chi connectivity index (χ0) is 57.4. The second kappa shape index (κ2) is 27.4. The van der Waals surface area contributed by atoms with Gasteiger partial charge in [0.05, 0.1) is 54.2 Å². The maximum atomic E-state index is 14.7. The van der Waals surface area contributed by atoms with Crippen LogP contribution in [0.1, 0.15) is 112 Å². The Bertz CT molecular complexity index is 2240. The van der Waals surface area contributed by atoms with E-state index in [4.69, 9.17) is 23.7 Å². The van der Waals surface area contributed by atoms with Crippen LogP contribution in [0, 0.1) is 23.7 Å². The van der Waals surface area contributed by atoms with E-state index in [0.717, 1.165) is 47.6 Å². The number of hydrogen-bond donors (Lipinski definition) is 7. The van der Waals surface area contributed by atoms with Gasteiger partial charge < -0.3 is 69.3 Å². The number of aliphatic hydroxyl groups excluding tert-OH is 3. The lowest BCUT2D eigenvalue weighted by Gasteiger charge is -2.51. The van der Waals surface area contributed by atoms with Crippen LogP contribution in [-0.2, 0) is 41.3 Å². The molecule has 0 bridgehead atoms. The second-order valence-corrected chi connectivity index (χ2v) is 24.3. The van der Waals surface area contributed by atoms with Crippen molar-refractivity contribution in [3.63, 3.8) is 0 Å². The highest BCUT2D eigenvalue weighted by atomic mass is 16.7. The van der Waals surface area contributed by atoms with Crippen molar-refractivity contribution >= 4 is 5.97 Å². The largest absolute Gasteiger partial charge is 0.459 e. The van der Waals surface area contributed by atoms with E-state index in [2.05, 4.69) is 68.6 Å². The predicted octanol–water partition coefficient (Wildman–Crippen LogP) is 4.46. The summed E-state index contributed by atoms with van der Waals surface area (Å²) in [6.07, 6.45) is 4.85. The van der Waals surface area contributed by atoms with Crippen molar-refractivity contribution in [3.8, 4) is 11.1 Å². The van der Waals surface area contributed by atoms with E-state index in [-0.39, 0.29) is 50.0 Å². The monoisotopic (exact) mass is 1090 g/mol. The SMILES string of the molecule is C=C[C@H]1C(C2C[C@@](C)(OC)[C@@H](O)[C@H](C)O2)[C@@H](C)C(=O)O[C@H](CC)[C@@](C)(O)[C@H](O)[C@@H](C)N(C)C[C@H](C)C[C@@](C)(O)[C@@H]1O[C@H]1C[C@@H](N(C)CCC2=CN([C@H](CO)Cc3ccc(-c4cnc(CCN(C)C)nc4)cc3)NN2)C[C@@H](C)O1. The van der Waals surface area contributed by atoms with Crippen molar-refractivity contribution in [1.29, 1.82) is 0 Å². The lowest BCUT2D eigenvalue weighted by Crippen LogP contribution is -2.61. The fraction of sp³-hybridized carbons (Fsp3) is 0.746. The number of benzene rings is 1. The number of esters is 1. The van der Waals surface area contributed by atoms with Crippen LogP contribution in [0.15, 0.2) is 61.2 Å². The second-order valence-electron chi connectivity index (χ2n) is 24.3. The highest BCUT2D eigenvalue weighted by molar-refractivity contribution is 5.73. The highest BCUT2D eigenvalue weighted by Gasteiger charge is 2.55. The number of aliphatic hydroxyl groups is 5. The molecule has 0 aliphatic carbocycles. The Labute approximate surface area is 465 Å². The number of aromatic nitrogens is 2. The first kappa shape index (κ1) is 63.5. The number of carbonyl (C=O) groups excluding carboxylic acids is 1. The third kappa shape index (κ3) is 15.5. The molecule has 7 N–H and O–H groups in total. The molecule has 3 fully saturated rings. The van der Waals surface area contributed by atoms with Gasteiger partial charge in [-0.2, -0.15) is 0 Å². The Hall–Kier alpha value is -3.67. The van der Waals surface area contributed by atoms with Gasteiger partial charge in [0.25, 0.3) is 0 Å². The Morgan fingerprint density at radius 2 is 1.63 bits per heavy atom. The van der Waals surface area contributed by atoms with Gasteiger partial charge in [0, 0.05) is 106 Å². The van der Waals surface area contributed by atoms with Gasteiger partial charge in [0.2, 0.25) is 0 Å². The molecule has 6 rings (SSSR count). The number of hydrogen-bond acceptors (Lipinski definition) is 19. The molecule has 0 radical (unpaired) electrons. The number of carbonyl (C=O) groups is 1. The van der Waals surface area contributed by atoms with E-state index in [1.54, 1.807) is 34.0 Å². The molecule has 78 heavy (non-hydrogen) atoms. The molecule has 1 aromatic heterocycles. The number of nitrogens with one attached hydrogen (secondary N) is 2. The molecule has 3 saturated heterocycles. The van der Waals surface area contributed by atoms with Crippen LogP contribution in [0.25, 0.3) is 11.1 Å². The van der Waals surface area contributed by atoms with Crippen molar-refractivity contribution in [1.82, 2.24) is 40.6 Å². The minimum absolute atomic E-state index is 0.0373. The Morgan fingerprint density at radius 3 is 2.24 bits per heavy atom. The van der Waals surface area contributed by atoms with Gasteiger partial charge in [-0.25, -0.2) is 9.97 Å². The number of nitrogens with zero attached hydrogens (tertiary/aromatic N) is 6. The van der Waals surface area contributed by atoms with E-state index in [9.17, 15) is 30.3 Å². The minimum Gasteiger partial charge on any atom is -0.459 e. The number of cyclic esters (lactones) is 1. The maximum absolute atomic E-state index is 14.7. The smallest absolute Gasteiger partial charge is 0.309 e. The van der Waals surface area contributed by atoms with E-state index < -0.39 is 89.5 Å². The van der Waals surface area contributed by atoms with Gasteiger partial charge in [-0.1, -0.05) is 51.1 Å². The zero-order valence-electron chi connectivity index (χ0n) is 49.3. The van der Waals surface area contributed by atoms with E-state index >= 15 is 0 Å². The number of ether oxygens (including phenoxy) is 5. The molecule has 440 valence electrons. The molecule has 2 aromatic rings. The molecule has 1 aromatic carbocycles. The molecule has 4 aliphatic heterocycles. The summed E-state index contributed by atoms with van der Waals surface area (Å²) in [4.78, 5) is 30.3. The van der Waals surface area contributed by atoms with Crippen LogP contribution in [0.3, 0.4) is 0 Å². The molecule has 18 atom stereocenters. The van der Waals surface area contributed by atoms with Crippen LogP contribution < -0.4 is 11.0 Å². The molecule has 4 aliphatic rings. The van der Waals surface area contributed by atoms with E-state index in [1.165, 1.54) is 6.92 Å². The van der Waals surface area contributed by atoms with E-state index in [1.807, 2.05) is 84.3 Å². The standard InChI is InChI=1S/C59H98N8O11/c1-16-47-52(48-30-58(9,74-15)54(70)40(7)76-48)38(5)56(71)77-49(17-2)59(10,73)53(69)39(6)66(14)33-36(3)29-57(8,72)55(47)78-51-28-45(26-37(4)75-51)65(13)25-22-44-34-67(63-62-44)46(35-68)27-41-18-20-42(21-19-41)43-31-60-50(61-32-43)23-24-64(11)12/h16,18-21,31-32,34,36-40,45-49,51-55,62-63,68-70,72-73H,1,17,22-30,33,35H2,2-15H3/t36-,37-,38-,39-,40+,45+,46+,47+,48?,49-,51+,52?,53-,54+,55-,57-,58-,59-/m1/s1. The van der Waals surface area contributed by atoms with Crippen molar-refractivity contribution in [3.05, 3.63) is 72.6 Å². The van der Waals surface area contributed by atoms with Crippen molar-refractivity contribution in [2.24, 2.45) is 23.7 Å². The van der Waals surface area contributed by atoms with Gasteiger partial charge in [0.15, 0.2) is 6.29 Å². The number of methoxy groups -OCH3 is 1. The summed E-state index contributed by atoms with van der Waals surface area (Å²) in [6.45, 7) is 22.7. The predicted molar refractivity (Wildman–Crippen MR) is 300 cm³/mol. The summed E-state index contributed by atoms with van der Waals surface area (Å²) in [7, 11) is 9.60. The molecule has 19 nitrogen and oxygen atoms in total. The molecule has 19 heteroatoms. The van der Waals surface area contributed by atoms with Gasteiger partial charge >= 0.3 is 5.97 Å². The quantitative estimate of drug-likeness (QED) is 0.0808.